The van der Waals surface area contributed by atoms with Gasteiger partial charge < -0.3 is 0 Å². The van der Waals surface area contributed by atoms with Crippen LogP contribution < -0.4 is 0 Å². The molecule has 0 rings (SSSR count). The molecule has 0 aliphatic carbocycles. The van der Waals surface area contributed by atoms with Crippen LogP contribution in [0.4, 0.5) is 0 Å². The van der Waals surface area contributed by atoms with Gasteiger partial charge in [0.1, 0.15) is 0 Å². The molecule has 0 aliphatic rings. The van der Waals surface area contributed by atoms with Gasteiger partial charge in [0.15, 0.2) is 0 Å². The van der Waals surface area contributed by atoms with Crippen molar-refractivity contribution in [2.75, 3.05) is 0 Å². The minimum atomic E-state index is -5.25. The summed E-state index contributed by atoms with van der Waals surface area (Å²) >= 11 is -21.0. The zero-order valence-electron chi connectivity index (χ0n) is 8.78. The average molecular weight is 536 g/mol. The summed E-state index contributed by atoms with van der Waals surface area (Å²) in [7, 11) is 0. The normalized spacial score (nSPS) is 11.0. The van der Waals surface area contributed by atoms with E-state index in [9.17, 15) is 0 Å². The van der Waals surface area contributed by atoms with Crippen LogP contribution in [-0.4, -0.2) is 33.3 Å². The first-order valence-electron chi connectivity index (χ1n) is 2.79. The predicted octanol–water partition coefficient (Wildman–Crippen LogP) is -5.42. The molecular formula is H8Cr4CuO16. The maximum absolute atomic E-state index is 8.82. The van der Waals surface area contributed by atoms with Crippen LogP contribution in [0, 0.1) is 0 Å². The van der Waals surface area contributed by atoms with E-state index >= 15 is 0 Å². The molecule has 16 nitrogen and oxygen atoms in total. The van der Waals surface area contributed by atoms with E-state index in [1.54, 1.807) is 0 Å². The van der Waals surface area contributed by atoms with Crippen molar-refractivity contribution in [1.29, 1.82) is 0 Å². The molecule has 0 heterocycles. The van der Waals surface area contributed by atoms with Crippen LogP contribution in [0.15, 0.2) is 0 Å². The van der Waals surface area contributed by atoms with E-state index in [1.807, 2.05) is 0 Å². The standard InChI is InChI=1S/4Cr.Cu.8H2O.8O/h;;;;;8*1H2;;;;;;;;/q4*+2;;;;;;;;;;;;;;;;;/p-8. The molecular weight excluding hydrogens is 528 g/mol. The predicted molar refractivity (Wildman–Crippen MR) is 23.2 cm³/mol. The third kappa shape index (κ3) is 13700. The molecule has 8 N–H and O–H groups in total. The quantitative estimate of drug-likeness (QED) is 0.134. The van der Waals surface area contributed by atoms with Gasteiger partial charge >= 0.3 is 118 Å². The number of hydrogen-bond acceptors (Lipinski definition) is 8. The topological polar surface area (TPSA) is 298 Å². The van der Waals surface area contributed by atoms with Gasteiger partial charge in [-0.05, 0) is 0 Å². The second-order valence-corrected chi connectivity index (χ2v) is 7.39. The van der Waals surface area contributed by atoms with Crippen molar-refractivity contribution in [2.24, 2.45) is 0 Å². The number of hydrogen-bond donors (Lipinski definition) is 8. The second-order valence-electron chi connectivity index (χ2n) is 1.79. The van der Waals surface area contributed by atoms with Crippen LogP contribution in [0.1, 0.15) is 0 Å². The van der Waals surface area contributed by atoms with Crippen LogP contribution in [0.25, 0.3) is 0 Å². The van der Waals surface area contributed by atoms with E-state index in [2.05, 4.69) is 0 Å². The van der Waals surface area contributed by atoms with Gasteiger partial charge in [-0.2, -0.15) is 0 Å². The van der Waals surface area contributed by atoms with Crippen molar-refractivity contribution in [1.82, 2.24) is 0 Å². The van der Waals surface area contributed by atoms with Crippen molar-refractivity contribution < 1.29 is 135 Å². The van der Waals surface area contributed by atoms with Crippen molar-refractivity contribution in [3.63, 3.8) is 0 Å². The summed E-state index contributed by atoms with van der Waals surface area (Å²) in [6.45, 7) is 0. The maximum atomic E-state index is 8.82. The summed E-state index contributed by atoms with van der Waals surface area (Å²) in [6.07, 6.45) is 0. The van der Waals surface area contributed by atoms with Gasteiger partial charge in [-0.3, -0.25) is 0 Å². The van der Waals surface area contributed by atoms with Crippen LogP contribution in [0.2, 0.25) is 0 Å². The molecule has 0 amide bonds. The van der Waals surface area contributed by atoms with Crippen LogP contribution in [0.3, 0.4) is 0 Å². The molecule has 21 heteroatoms. The van der Waals surface area contributed by atoms with Gasteiger partial charge in [-0.15, -0.1) is 0 Å². The third-order valence-electron chi connectivity index (χ3n) is 0. The Kier molecular flexibility index (Phi) is 21.0. The Morgan fingerprint density at radius 2 is 0.333 bits per heavy atom. The molecule has 0 saturated heterocycles. The fraction of sp³-hybridized carbons (Fsp3) is 0. The first-order valence-corrected chi connectivity index (χ1v) is 11.5. The molecule has 0 aromatic heterocycles. The van der Waals surface area contributed by atoms with Gasteiger partial charge in [0, 0.05) is 17.1 Å². The first-order chi connectivity index (χ1) is 8.00. The Hall–Kier alpha value is 0.729. The van der Waals surface area contributed by atoms with Crippen molar-refractivity contribution in [3.05, 3.63) is 0 Å². The molecule has 0 spiro atoms. The molecule has 21 heavy (non-hydrogen) atoms. The SMILES string of the molecule is [Cu].[O]=[Cr](=[O])([OH])[OH].[O]=[Cr](=[O])([OH])[OH].[O]=[Cr](=[O])([OH])[OH].[O]=[Cr](=[O])([OH])[OH]. The monoisotopic (exact) mass is 535 g/mol. The Balaban J connectivity index is -0.0000000533. The van der Waals surface area contributed by atoms with E-state index < -0.39 is 54.5 Å². The van der Waals surface area contributed by atoms with Gasteiger partial charge in [0.25, 0.3) is 0 Å². The van der Waals surface area contributed by atoms with Crippen LogP contribution in [-0.2, 0) is 102 Å². The van der Waals surface area contributed by atoms with E-state index in [0.717, 1.165) is 0 Å². The van der Waals surface area contributed by atoms with Crippen molar-refractivity contribution in [2.45, 2.75) is 0 Å². The van der Waals surface area contributed by atoms with E-state index in [-0.39, 0.29) is 17.1 Å². The minimum absolute atomic E-state index is 0. The van der Waals surface area contributed by atoms with E-state index in [0.29, 0.717) is 0 Å². The zero-order chi connectivity index (χ0) is 18.0. The summed E-state index contributed by atoms with van der Waals surface area (Å²) in [5.41, 5.74) is 0. The summed E-state index contributed by atoms with van der Waals surface area (Å²) in [4.78, 5) is 0. The molecule has 0 aromatic rings. The van der Waals surface area contributed by atoms with E-state index in [1.165, 1.54) is 0 Å². The molecule has 1 radical (unpaired) electrons. The molecule has 139 valence electrons. The van der Waals surface area contributed by atoms with Crippen molar-refractivity contribution >= 4 is 0 Å². The summed E-state index contributed by atoms with van der Waals surface area (Å²) in [5, 5.41) is 0. The van der Waals surface area contributed by atoms with Crippen LogP contribution >= 0.6 is 0 Å². The molecule has 0 fully saturated rings. The van der Waals surface area contributed by atoms with Gasteiger partial charge in [0.05, 0.1) is 0 Å². The summed E-state index contributed by atoms with van der Waals surface area (Å²) < 4.78 is 128. The molecule has 0 saturated carbocycles. The van der Waals surface area contributed by atoms with Crippen LogP contribution in [0.5, 0.6) is 0 Å². The van der Waals surface area contributed by atoms with Crippen molar-refractivity contribution in [3.8, 4) is 0 Å². The molecule has 0 aliphatic heterocycles. The van der Waals surface area contributed by atoms with E-state index in [4.69, 9.17) is 63.7 Å². The first kappa shape index (κ1) is 33.4. The second kappa shape index (κ2) is 13.2. The Bertz CT molecular complexity index is 473. The average Bonchev–Trinajstić information content (AvgIpc) is 1.62. The fourth-order valence-electron chi connectivity index (χ4n) is 0. The summed E-state index contributed by atoms with van der Waals surface area (Å²) in [6, 6.07) is 0. The molecule has 0 bridgehead atoms. The number of rotatable bonds is 0. The fourth-order valence-corrected chi connectivity index (χ4v) is 0. The molecule has 0 aromatic carbocycles. The Morgan fingerprint density at radius 1 is 0.333 bits per heavy atom. The molecule has 0 atom stereocenters. The molecule has 0 unspecified atom stereocenters. The third-order valence-corrected chi connectivity index (χ3v) is 0. The van der Waals surface area contributed by atoms with Gasteiger partial charge in [0.2, 0.25) is 0 Å². The Labute approximate surface area is 134 Å². The van der Waals surface area contributed by atoms with Gasteiger partial charge in [-0.25, -0.2) is 0 Å². The van der Waals surface area contributed by atoms with Gasteiger partial charge in [-0.1, -0.05) is 0 Å². The summed E-state index contributed by atoms with van der Waals surface area (Å²) in [5.74, 6) is 0. The Morgan fingerprint density at radius 3 is 0.333 bits per heavy atom. The zero-order valence-corrected chi connectivity index (χ0v) is 14.8.